The number of ether oxygens (including phenoxy) is 2. The van der Waals surface area contributed by atoms with Gasteiger partial charge in [-0.2, -0.15) is 0 Å². The van der Waals surface area contributed by atoms with E-state index in [1.807, 2.05) is 13.8 Å². The molecule has 6 heteroatoms. The second kappa shape index (κ2) is 5.79. The maximum Gasteiger partial charge on any atom is 0.285 e. The van der Waals surface area contributed by atoms with E-state index in [-0.39, 0.29) is 12.7 Å². The first-order valence-corrected chi connectivity index (χ1v) is 7.40. The molecule has 1 aromatic carbocycles. The number of hydrogen-bond acceptors (Lipinski definition) is 5. The lowest BCUT2D eigenvalue weighted by Crippen LogP contribution is -2.30. The molecule has 6 nitrogen and oxygen atoms in total. The van der Waals surface area contributed by atoms with Crippen molar-refractivity contribution in [3.05, 3.63) is 35.4 Å². The minimum Gasteiger partial charge on any atom is -0.348 e. The quantitative estimate of drug-likeness (QED) is 0.616. The number of amides is 2. The smallest absolute Gasteiger partial charge is 0.285 e. The Bertz CT molecular complexity index is 563. The van der Waals surface area contributed by atoms with E-state index in [1.54, 1.807) is 24.3 Å². The van der Waals surface area contributed by atoms with Crippen molar-refractivity contribution in [3.63, 3.8) is 0 Å². The maximum atomic E-state index is 12.1. The van der Waals surface area contributed by atoms with Gasteiger partial charge in [-0.05, 0) is 38.8 Å². The summed E-state index contributed by atoms with van der Waals surface area (Å²) in [6.07, 6.45) is 1.46. The number of nitrogens with zero attached hydrogens (tertiary/aromatic N) is 1. The van der Waals surface area contributed by atoms with E-state index in [4.69, 9.17) is 14.3 Å². The molecule has 3 rings (SSSR count). The van der Waals surface area contributed by atoms with E-state index in [2.05, 4.69) is 0 Å². The molecule has 0 aliphatic carbocycles. The highest BCUT2D eigenvalue weighted by Crippen LogP contribution is 2.25. The molecule has 2 aliphatic rings. The molecule has 0 radical (unpaired) electrons. The lowest BCUT2D eigenvalue weighted by Gasteiger charge is -2.17. The Kier molecular flexibility index (Phi) is 3.99. The van der Waals surface area contributed by atoms with Gasteiger partial charge in [-0.3, -0.25) is 14.4 Å². The molecule has 0 spiro atoms. The van der Waals surface area contributed by atoms with E-state index in [9.17, 15) is 9.59 Å². The van der Waals surface area contributed by atoms with Crippen LogP contribution >= 0.6 is 0 Å². The van der Waals surface area contributed by atoms with E-state index < -0.39 is 17.6 Å². The third-order valence-electron chi connectivity index (χ3n) is 3.71. The summed E-state index contributed by atoms with van der Waals surface area (Å²) in [6.45, 7) is 4.59. The van der Waals surface area contributed by atoms with Crippen molar-refractivity contribution in [1.82, 2.24) is 5.06 Å². The number of hydrogen-bond donors (Lipinski definition) is 0. The molecule has 0 unspecified atom stereocenters. The summed E-state index contributed by atoms with van der Waals surface area (Å²) >= 11 is 0. The summed E-state index contributed by atoms with van der Waals surface area (Å²) < 4.78 is 11.2. The van der Waals surface area contributed by atoms with Crippen LogP contribution in [0.15, 0.2) is 24.3 Å². The number of carbonyl (C=O) groups is 2. The molecular formula is C16H19NO5. The van der Waals surface area contributed by atoms with Gasteiger partial charge in [0.15, 0.2) is 5.79 Å². The lowest BCUT2D eigenvalue weighted by atomic mass is 10.1. The van der Waals surface area contributed by atoms with Gasteiger partial charge in [0.25, 0.3) is 11.8 Å². The zero-order valence-electron chi connectivity index (χ0n) is 12.7. The van der Waals surface area contributed by atoms with Gasteiger partial charge in [0.2, 0.25) is 0 Å². The minimum absolute atomic E-state index is 0.0285. The molecule has 1 fully saturated rings. The van der Waals surface area contributed by atoms with Gasteiger partial charge < -0.3 is 9.47 Å². The van der Waals surface area contributed by atoms with E-state index in [0.717, 1.165) is 11.5 Å². The van der Waals surface area contributed by atoms with Crippen LogP contribution < -0.4 is 0 Å². The summed E-state index contributed by atoms with van der Waals surface area (Å²) in [6, 6.07) is 6.72. The molecule has 2 amide bonds. The molecule has 1 atom stereocenters. The van der Waals surface area contributed by atoms with Crippen molar-refractivity contribution in [3.8, 4) is 0 Å². The third kappa shape index (κ3) is 2.90. The topological polar surface area (TPSA) is 65.1 Å². The highest BCUT2D eigenvalue weighted by molar-refractivity contribution is 6.20. The number of benzene rings is 1. The van der Waals surface area contributed by atoms with Crippen molar-refractivity contribution in [1.29, 1.82) is 0 Å². The van der Waals surface area contributed by atoms with Crippen LogP contribution in [0.1, 0.15) is 47.4 Å². The molecule has 0 N–H and O–H groups in total. The standard InChI is InChI=1S/C16H19NO5/c1-16(2)20-10-11(22-16)6-5-9-21-17-14(18)12-7-3-4-8-13(12)15(17)19/h3-4,7-8,11H,5-6,9-10H2,1-2H3/t11-/m0/s1. The zero-order chi connectivity index (χ0) is 15.7. The largest absolute Gasteiger partial charge is 0.348 e. The molecule has 0 aromatic heterocycles. The summed E-state index contributed by atoms with van der Waals surface area (Å²) in [5, 5.41) is 0.848. The second-order valence-electron chi connectivity index (χ2n) is 5.88. The monoisotopic (exact) mass is 305 g/mol. The van der Waals surface area contributed by atoms with E-state index in [0.29, 0.717) is 24.2 Å². The van der Waals surface area contributed by atoms with Crippen LogP contribution in [0.4, 0.5) is 0 Å². The molecule has 118 valence electrons. The normalized spacial score (nSPS) is 23.2. The van der Waals surface area contributed by atoms with Gasteiger partial charge in [0, 0.05) is 0 Å². The SMILES string of the molecule is CC1(C)OC[C@H](CCCON2C(=O)c3ccccc3C2=O)O1. The number of rotatable bonds is 5. The average molecular weight is 305 g/mol. The Labute approximate surface area is 128 Å². The van der Waals surface area contributed by atoms with Crippen molar-refractivity contribution in [2.45, 2.75) is 38.6 Å². The van der Waals surface area contributed by atoms with Crippen molar-refractivity contribution < 1.29 is 23.9 Å². The van der Waals surface area contributed by atoms with Gasteiger partial charge in [0.05, 0.1) is 30.4 Å². The highest BCUT2D eigenvalue weighted by atomic mass is 16.7. The second-order valence-corrected chi connectivity index (χ2v) is 5.88. The third-order valence-corrected chi connectivity index (χ3v) is 3.71. The Balaban J connectivity index is 1.47. The number of fused-ring (bicyclic) bond motifs is 1. The highest BCUT2D eigenvalue weighted by Gasteiger charge is 2.36. The van der Waals surface area contributed by atoms with Crippen LogP contribution in [0.2, 0.25) is 0 Å². The molecule has 2 aliphatic heterocycles. The van der Waals surface area contributed by atoms with Gasteiger partial charge in [-0.25, -0.2) is 0 Å². The summed E-state index contributed by atoms with van der Waals surface area (Å²) in [7, 11) is 0. The number of carbonyl (C=O) groups excluding carboxylic acids is 2. The number of hydroxylamine groups is 2. The maximum absolute atomic E-state index is 12.1. The Morgan fingerprint density at radius 2 is 1.86 bits per heavy atom. The van der Waals surface area contributed by atoms with Crippen LogP contribution in [-0.2, 0) is 14.3 Å². The van der Waals surface area contributed by atoms with E-state index >= 15 is 0 Å². The Morgan fingerprint density at radius 1 is 1.23 bits per heavy atom. The fraction of sp³-hybridized carbons (Fsp3) is 0.500. The van der Waals surface area contributed by atoms with Gasteiger partial charge in [0.1, 0.15) is 0 Å². The van der Waals surface area contributed by atoms with Crippen LogP contribution in [0, 0.1) is 0 Å². The van der Waals surface area contributed by atoms with E-state index in [1.165, 1.54) is 0 Å². The lowest BCUT2D eigenvalue weighted by molar-refractivity contribution is -0.140. The van der Waals surface area contributed by atoms with Crippen LogP contribution in [0.25, 0.3) is 0 Å². The Morgan fingerprint density at radius 3 is 2.41 bits per heavy atom. The van der Waals surface area contributed by atoms with Crippen LogP contribution in [0.3, 0.4) is 0 Å². The average Bonchev–Trinajstić information content (AvgIpc) is 2.95. The van der Waals surface area contributed by atoms with Crippen LogP contribution in [-0.4, -0.2) is 42.0 Å². The first-order chi connectivity index (χ1) is 10.5. The van der Waals surface area contributed by atoms with Crippen molar-refractivity contribution in [2.75, 3.05) is 13.2 Å². The molecular weight excluding hydrogens is 286 g/mol. The van der Waals surface area contributed by atoms with Crippen molar-refractivity contribution >= 4 is 11.8 Å². The summed E-state index contributed by atoms with van der Waals surface area (Å²) in [4.78, 5) is 29.5. The summed E-state index contributed by atoms with van der Waals surface area (Å²) in [5.74, 6) is -1.34. The summed E-state index contributed by atoms with van der Waals surface area (Å²) in [5.41, 5.74) is 0.781. The number of imide groups is 1. The Hall–Kier alpha value is -1.76. The predicted octanol–water partition coefficient (Wildman–Crippen LogP) is 2.15. The molecule has 22 heavy (non-hydrogen) atoms. The first-order valence-electron chi connectivity index (χ1n) is 7.40. The van der Waals surface area contributed by atoms with Crippen molar-refractivity contribution in [2.24, 2.45) is 0 Å². The molecule has 1 saturated heterocycles. The van der Waals surface area contributed by atoms with Gasteiger partial charge in [-0.15, -0.1) is 5.06 Å². The molecule has 2 heterocycles. The molecule has 0 saturated carbocycles. The molecule has 0 bridgehead atoms. The zero-order valence-corrected chi connectivity index (χ0v) is 12.7. The van der Waals surface area contributed by atoms with Gasteiger partial charge in [-0.1, -0.05) is 12.1 Å². The van der Waals surface area contributed by atoms with Crippen LogP contribution in [0.5, 0.6) is 0 Å². The molecule has 1 aromatic rings. The predicted molar refractivity (Wildman–Crippen MR) is 77.0 cm³/mol. The minimum atomic E-state index is -0.534. The first kappa shape index (κ1) is 15.1. The van der Waals surface area contributed by atoms with Gasteiger partial charge >= 0.3 is 0 Å². The fourth-order valence-corrected chi connectivity index (χ4v) is 2.66. The fourth-order valence-electron chi connectivity index (χ4n) is 2.66.